The standard InChI is InChI=1S/C18H23N3OS/c1-13(2)14-5-7-15(8-6-14)20-16-4-3-9-21(10-16)18(22)17-11-23-12-19-17/h5-8,11-13,16,20H,3-4,9-10H2,1-2H3/t16-/m0/s1. The predicted octanol–water partition coefficient (Wildman–Crippen LogP) is 3.98. The maximum absolute atomic E-state index is 12.4. The highest BCUT2D eigenvalue weighted by Crippen LogP contribution is 2.21. The van der Waals surface area contributed by atoms with E-state index in [2.05, 4.69) is 48.4 Å². The van der Waals surface area contributed by atoms with Gasteiger partial charge < -0.3 is 10.2 Å². The van der Waals surface area contributed by atoms with E-state index in [0.29, 0.717) is 17.7 Å². The number of carbonyl (C=O) groups excluding carboxylic acids is 1. The number of anilines is 1. The number of nitrogens with zero attached hydrogens (tertiary/aromatic N) is 2. The summed E-state index contributed by atoms with van der Waals surface area (Å²) in [6, 6.07) is 8.92. The van der Waals surface area contributed by atoms with Crippen molar-refractivity contribution in [2.24, 2.45) is 0 Å². The molecule has 1 aromatic heterocycles. The summed E-state index contributed by atoms with van der Waals surface area (Å²) in [7, 11) is 0. The van der Waals surface area contributed by atoms with Gasteiger partial charge in [0.15, 0.2) is 0 Å². The van der Waals surface area contributed by atoms with Crippen LogP contribution in [0.5, 0.6) is 0 Å². The molecule has 2 heterocycles. The normalized spacial score (nSPS) is 18.2. The summed E-state index contributed by atoms with van der Waals surface area (Å²) in [5.41, 5.74) is 4.75. The quantitative estimate of drug-likeness (QED) is 0.923. The Balaban J connectivity index is 1.61. The molecule has 0 bridgehead atoms. The van der Waals surface area contributed by atoms with E-state index in [0.717, 1.165) is 31.6 Å². The smallest absolute Gasteiger partial charge is 0.273 e. The third-order valence-electron chi connectivity index (χ3n) is 4.31. The van der Waals surface area contributed by atoms with E-state index < -0.39 is 0 Å². The maximum Gasteiger partial charge on any atom is 0.273 e. The highest BCUT2D eigenvalue weighted by Gasteiger charge is 2.25. The van der Waals surface area contributed by atoms with Gasteiger partial charge in [-0.05, 0) is 36.5 Å². The van der Waals surface area contributed by atoms with Crippen LogP contribution >= 0.6 is 11.3 Å². The van der Waals surface area contributed by atoms with Crippen molar-refractivity contribution in [3.63, 3.8) is 0 Å². The van der Waals surface area contributed by atoms with E-state index in [4.69, 9.17) is 0 Å². The fourth-order valence-corrected chi connectivity index (χ4v) is 3.49. The number of aromatic nitrogens is 1. The van der Waals surface area contributed by atoms with E-state index in [1.807, 2.05) is 10.3 Å². The Hall–Kier alpha value is -1.88. The van der Waals surface area contributed by atoms with Gasteiger partial charge in [-0.25, -0.2) is 4.98 Å². The lowest BCUT2D eigenvalue weighted by molar-refractivity contribution is 0.0709. The number of hydrogen-bond acceptors (Lipinski definition) is 4. The molecule has 0 saturated carbocycles. The van der Waals surface area contributed by atoms with Gasteiger partial charge in [0.25, 0.3) is 5.91 Å². The highest BCUT2D eigenvalue weighted by atomic mass is 32.1. The second-order valence-electron chi connectivity index (χ2n) is 6.39. The Bertz CT molecular complexity index is 637. The van der Waals surface area contributed by atoms with Gasteiger partial charge in [0, 0.05) is 30.2 Å². The molecule has 0 radical (unpaired) electrons. The zero-order valence-corrected chi connectivity index (χ0v) is 14.5. The number of carbonyl (C=O) groups is 1. The molecule has 0 spiro atoms. The molecule has 4 nitrogen and oxygen atoms in total. The molecule has 1 atom stereocenters. The third-order valence-corrected chi connectivity index (χ3v) is 4.89. The Labute approximate surface area is 141 Å². The average molecular weight is 329 g/mol. The second-order valence-corrected chi connectivity index (χ2v) is 7.10. The molecule has 23 heavy (non-hydrogen) atoms. The number of amides is 1. The lowest BCUT2D eigenvalue weighted by Gasteiger charge is -2.33. The van der Waals surface area contributed by atoms with Crippen molar-refractivity contribution in [2.45, 2.75) is 38.6 Å². The topological polar surface area (TPSA) is 45.2 Å². The van der Waals surface area contributed by atoms with Gasteiger partial charge in [0.1, 0.15) is 5.69 Å². The van der Waals surface area contributed by atoms with Crippen molar-refractivity contribution >= 4 is 22.9 Å². The van der Waals surface area contributed by atoms with E-state index >= 15 is 0 Å². The molecule has 3 rings (SSSR count). The summed E-state index contributed by atoms with van der Waals surface area (Å²) in [6.07, 6.45) is 2.12. The SMILES string of the molecule is CC(C)c1ccc(N[C@H]2CCCN(C(=O)c3cscn3)C2)cc1. The monoisotopic (exact) mass is 329 g/mol. The highest BCUT2D eigenvalue weighted by molar-refractivity contribution is 7.07. The summed E-state index contributed by atoms with van der Waals surface area (Å²) in [5.74, 6) is 0.595. The number of benzene rings is 1. The van der Waals surface area contributed by atoms with Gasteiger partial charge in [0.2, 0.25) is 0 Å². The number of hydrogen-bond donors (Lipinski definition) is 1. The van der Waals surface area contributed by atoms with Crippen LogP contribution in [0.15, 0.2) is 35.2 Å². The number of rotatable bonds is 4. The lowest BCUT2D eigenvalue weighted by atomic mass is 10.0. The second kappa shape index (κ2) is 7.13. The van der Waals surface area contributed by atoms with E-state index in [1.165, 1.54) is 16.9 Å². The lowest BCUT2D eigenvalue weighted by Crippen LogP contribution is -2.45. The van der Waals surface area contributed by atoms with Crippen molar-refractivity contribution in [2.75, 3.05) is 18.4 Å². The fraction of sp³-hybridized carbons (Fsp3) is 0.444. The van der Waals surface area contributed by atoms with Crippen LogP contribution in [0.2, 0.25) is 0 Å². The number of piperidine rings is 1. The molecular weight excluding hydrogens is 306 g/mol. The van der Waals surface area contributed by atoms with Crippen LogP contribution in [-0.2, 0) is 0 Å². The van der Waals surface area contributed by atoms with Crippen LogP contribution in [0.1, 0.15) is 48.7 Å². The van der Waals surface area contributed by atoms with Crippen LogP contribution in [0.25, 0.3) is 0 Å². The number of nitrogens with one attached hydrogen (secondary N) is 1. The van der Waals surface area contributed by atoms with Crippen molar-refractivity contribution in [3.05, 3.63) is 46.4 Å². The molecule has 2 aromatic rings. The molecule has 1 N–H and O–H groups in total. The van der Waals surface area contributed by atoms with Crippen molar-refractivity contribution in [3.8, 4) is 0 Å². The Kier molecular flexibility index (Phi) is 4.96. The first kappa shape index (κ1) is 16.0. The molecule has 1 amide bonds. The Morgan fingerprint density at radius 1 is 1.35 bits per heavy atom. The van der Waals surface area contributed by atoms with Crippen LogP contribution in [0, 0.1) is 0 Å². The first-order chi connectivity index (χ1) is 11.1. The summed E-state index contributed by atoms with van der Waals surface area (Å²) in [6.45, 7) is 5.96. The average Bonchev–Trinajstić information content (AvgIpc) is 3.09. The maximum atomic E-state index is 12.4. The van der Waals surface area contributed by atoms with Gasteiger partial charge in [-0.15, -0.1) is 11.3 Å². The first-order valence-corrected chi connectivity index (χ1v) is 9.11. The van der Waals surface area contributed by atoms with Crippen molar-refractivity contribution < 1.29 is 4.79 Å². The molecule has 5 heteroatoms. The number of thiazole rings is 1. The van der Waals surface area contributed by atoms with Crippen molar-refractivity contribution in [1.82, 2.24) is 9.88 Å². The zero-order chi connectivity index (χ0) is 16.2. The first-order valence-electron chi connectivity index (χ1n) is 8.17. The van der Waals surface area contributed by atoms with Gasteiger partial charge in [-0.2, -0.15) is 0 Å². The Morgan fingerprint density at radius 2 is 2.13 bits per heavy atom. The Morgan fingerprint density at radius 3 is 2.78 bits per heavy atom. The molecule has 0 aliphatic carbocycles. The molecule has 0 unspecified atom stereocenters. The molecule has 1 aliphatic rings. The van der Waals surface area contributed by atoms with E-state index in [9.17, 15) is 4.79 Å². The van der Waals surface area contributed by atoms with Crippen LogP contribution in [0.3, 0.4) is 0 Å². The minimum atomic E-state index is 0.0490. The zero-order valence-electron chi connectivity index (χ0n) is 13.7. The third kappa shape index (κ3) is 3.91. The minimum absolute atomic E-state index is 0.0490. The van der Waals surface area contributed by atoms with Crippen LogP contribution in [-0.4, -0.2) is 34.9 Å². The largest absolute Gasteiger partial charge is 0.381 e. The van der Waals surface area contributed by atoms with Gasteiger partial charge in [-0.1, -0.05) is 26.0 Å². The van der Waals surface area contributed by atoms with Crippen molar-refractivity contribution in [1.29, 1.82) is 0 Å². The van der Waals surface area contributed by atoms with Gasteiger partial charge in [0.05, 0.1) is 5.51 Å². The summed E-state index contributed by atoms with van der Waals surface area (Å²) >= 11 is 1.46. The van der Waals surface area contributed by atoms with Crippen LogP contribution in [0.4, 0.5) is 5.69 Å². The summed E-state index contributed by atoms with van der Waals surface area (Å²) in [4.78, 5) is 18.5. The van der Waals surface area contributed by atoms with Gasteiger partial charge in [-0.3, -0.25) is 4.79 Å². The van der Waals surface area contributed by atoms with E-state index in [1.54, 1.807) is 5.51 Å². The summed E-state index contributed by atoms with van der Waals surface area (Å²) in [5, 5.41) is 5.39. The minimum Gasteiger partial charge on any atom is -0.381 e. The molecule has 1 aliphatic heterocycles. The predicted molar refractivity (Wildman–Crippen MR) is 95.2 cm³/mol. The van der Waals surface area contributed by atoms with Gasteiger partial charge >= 0.3 is 0 Å². The molecule has 1 aromatic carbocycles. The molecule has 122 valence electrons. The molecule has 1 fully saturated rings. The van der Waals surface area contributed by atoms with E-state index in [-0.39, 0.29) is 5.91 Å². The fourth-order valence-electron chi connectivity index (χ4n) is 2.96. The molecule has 1 saturated heterocycles. The summed E-state index contributed by atoms with van der Waals surface area (Å²) < 4.78 is 0. The molecular formula is C18H23N3OS. The van der Waals surface area contributed by atoms with Crippen LogP contribution < -0.4 is 5.32 Å². The number of likely N-dealkylation sites (tertiary alicyclic amines) is 1.